The second kappa shape index (κ2) is 8.05. The number of carbonyl (C=O) groups is 1. The number of carbonyl (C=O) groups excluding carboxylic acids is 1. The highest BCUT2D eigenvalue weighted by molar-refractivity contribution is 5.99. The number of non-ortho nitro benzene ring substituents is 1. The van der Waals surface area contributed by atoms with Gasteiger partial charge in [0.1, 0.15) is 5.75 Å². The van der Waals surface area contributed by atoms with Gasteiger partial charge in [-0.2, -0.15) is 5.10 Å². The van der Waals surface area contributed by atoms with Crippen molar-refractivity contribution in [3.63, 3.8) is 0 Å². The number of aryl methyl sites for hydroxylation is 2. The second-order valence-electron chi connectivity index (χ2n) is 5.65. The molecule has 0 bridgehead atoms. The predicted octanol–water partition coefficient (Wildman–Crippen LogP) is 3.13. The van der Waals surface area contributed by atoms with Crippen LogP contribution < -0.4 is 10.2 Å². The van der Waals surface area contributed by atoms with E-state index in [1.54, 1.807) is 19.1 Å². The summed E-state index contributed by atoms with van der Waals surface area (Å²) in [5.41, 5.74) is 5.74. The lowest BCUT2D eigenvalue weighted by Gasteiger charge is -2.07. The van der Waals surface area contributed by atoms with Crippen molar-refractivity contribution in [1.82, 2.24) is 5.43 Å². The third-order valence-electron chi connectivity index (χ3n) is 3.41. The number of ether oxygens (including phenoxy) is 1. The highest BCUT2D eigenvalue weighted by Gasteiger charge is 2.07. The van der Waals surface area contributed by atoms with Gasteiger partial charge in [-0.15, -0.1) is 0 Å². The number of rotatable bonds is 6. The van der Waals surface area contributed by atoms with E-state index in [-0.39, 0.29) is 18.2 Å². The van der Waals surface area contributed by atoms with Gasteiger partial charge in [-0.25, -0.2) is 5.43 Å². The van der Waals surface area contributed by atoms with Gasteiger partial charge in [0.15, 0.2) is 6.61 Å². The molecule has 0 aliphatic heterocycles. The summed E-state index contributed by atoms with van der Waals surface area (Å²) in [6.45, 7) is 5.46. The van der Waals surface area contributed by atoms with E-state index in [0.717, 1.165) is 11.1 Å². The molecule has 7 nitrogen and oxygen atoms in total. The maximum atomic E-state index is 11.8. The number of nitrogens with one attached hydrogen (secondary N) is 1. The average molecular weight is 341 g/mol. The SMILES string of the molecule is C/C(=N\NC(=O)COc1cc(C)cc(C)c1)c1ccc([N+](=O)[O-])cc1. The molecule has 0 heterocycles. The van der Waals surface area contributed by atoms with Crippen LogP contribution in [-0.2, 0) is 4.79 Å². The second-order valence-corrected chi connectivity index (χ2v) is 5.65. The van der Waals surface area contributed by atoms with Crippen molar-refractivity contribution in [3.8, 4) is 5.75 Å². The van der Waals surface area contributed by atoms with Crippen LogP contribution in [0.15, 0.2) is 47.6 Å². The molecule has 0 unspecified atom stereocenters. The van der Waals surface area contributed by atoms with Gasteiger partial charge in [0.05, 0.1) is 10.6 Å². The monoisotopic (exact) mass is 341 g/mol. The van der Waals surface area contributed by atoms with Crippen LogP contribution in [0.4, 0.5) is 5.69 Å². The van der Waals surface area contributed by atoms with Crippen LogP contribution in [0.1, 0.15) is 23.6 Å². The van der Waals surface area contributed by atoms with Crippen LogP contribution in [0.5, 0.6) is 5.75 Å². The number of nitro benzene ring substituents is 1. The molecule has 0 saturated carbocycles. The Bertz CT molecular complexity index is 793. The van der Waals surface area contributed by atoms with Crippen molar-refractivity contribution < 1.29 is 14.5 Å². The van der Waals surface area contributed by atoms with Crippen molar-refractivity contribution in [2.24, 2.45) is 5.10 Å². The lowest BCUT2D eigenvalue weighted by molar-refractivity contribution is -0.384. The first-order valence-corrected chi connectivity index (χ1v) is 7.64. The third-order valence-corrected chi connectivity index (χ3v) is 3.41. The predicted molar refractivity (Wildman–Crippen MR) is 94.9 cm³/mol. The molecular formula is C18H19N3O4. The quantitative estimate of drug-likeness (QED) is 0.496. The molecular weight excluding hydrogens is 322 g/mol. The topological polar surface area (TPSA) is 93.8 Å². The molecule has 25 heavy (non-hydrogen) atoms. The summed E-state index contributed by atoms with van der Waals surface area (Å²) >= 11 is 0. The number of hydrazone groups is 1. The Morgan fingerprint density at radius 3 is 2.32 bits per heavy atom. The molecule has 2 aromatic rings. The van der Waals surface area contributed by atoms with Crippen LogP contribution in [-0.4, -0.2) is 23.1 Å². The fraction of sp³-hybridized carbons (Fsp3) is 0.222. The third kappa shape index (κ3) is 5.42. The zero-order valence-electron chi connectivity index (χ0n) is 14.3. The number of amides is 1. The van der Waals surface area contributed by atoms with E-state index in [1.165, 1.54) is 12.1 Å². The minimum atomic E-state index is -0.470. The molecule has 2 rings (SSSR count). The molecule has 0 aliphatic rings. The molecule has 0 atom stereocenters. The zero-order valence-corrected chi connectivity index (χ0v) is 14.3. The maximum absolute atomic E-state index is 11.8. The van der Waals surface area contributed by atoms with Gasteiger partial charge >= 0.3 is 0 Å². The summed E-state index contributed by atoms with van der Waals surface area (Å²) in [6.07, 6.45) is 0. The first-order chi connectivity index (χ1) is 11.8. The highest BCUT2D eigenvalue weighted by Crippen LogP contribution is 2.16. The van der Waals surface area contributed by atoms with Crippen molar-refractivity contribution in [2.45, 2.75) is 20.8 Å². The van der Waals surface area contributed by atoms with Crippen LogP contribution in [0.2, 0.25) is 0 Å². The molecule has 0 spiro atoms. The summed E-state index contributed by atoms with van der Waals surface area (Å²) in [7, 11) is 0. The van der Waals surface area contributed by atoms with E-state index >= 15 is 0 Å². The molecule has 0 aromatic heterocycles. The number of benzene rings is 2. The van der Waals surface area contributed by atoms with Crippen molar-refractivity contribution >= 4 is 17.3 Å². The van der Waals surface area contributed by atoms with Gasteiger partial charge in [-0.05, 0) is 61.7 Å². The molecule has 0 aliphatic carbocycles. The van der Waals surface area contributed by atoms with E-state index < -0.39 is 4.92 Å². The molecule has 1 N–H and O–H groups in total. The Kier molecular flexibility index (Phi) is 5.84. The summed E-state index contributed by atoms with van der Waals surface area (Å²) in [5, 5.41) is 14.6. The Balaban J connectivity index is 1.91. The number of nitro groups is 1. The van der Waals surface area contributed by atoms with Gasteiger partial charge in [-0.3, -0.25) is 14.9 Å². The fourth-order valence-corrected chi connectivity index (χ4v) is 2.23. The maximum Gasteiger partial charge on any atom is 0.277 e. The Morgan fingerprint density at radius 1 is 1.16 bits per heavy atom. The fourth-order valence-electron chi connectivity index (χ4n) is 2.23. The molecule has 130 valence electrons. The standard InChI is InChI=1S/C18H19N3O4/c1-12-8-13(2)10-17(9-12)25-11-18(22)20-19-14(3)15-4-6-16(7-5-15)21(23)24/h4-10H,11H2,1-3H3,(H,20,22)/b19-14+. The number of nitrogens with zero attached hydrogens (tertiary/aromatic N) is 2. The molecule has 0 saturated heterocycles. The zero-order chi connectivity index (χ0) is 18.4. The molecule has 2 aromatic carbocycles. The van der Waals surface area contributed by atoms with Gasteiger partial charge in [-0.1, -0.05) is 6.07 Å². The summed E-state index contributed by atoms with van der Waals surface area (Å²) in [6, 6.07) is 11.7. The van der Waals surface area contributed by atoms with Crippen molar-refractivity contribution in [1.29, 1.82) is 0 Å². The molecule has 0 fully saturated rings. The summed E-state index contributed by atoms with van der Waals surface area (Å²) < 4.78 is 5.45. The lowest BCUT2D eigenvalue weighted by atomic mass is 10.1. The smallest absolute Gasteiger partial charge is 0.277 e. The van der Waals surface area contributed by atoms with Crippen LogP contribution in [0, 0.1) is 24.0 Å². The molecule has 1 amide bonds. The van der Waals surface area contributed by atoms with Crippen molar-refractivity contribution in [3.05, 3.63) is 69.3 Å². The summed E-state index contributed by atoms with van der Waals surface area (Å²) in [5.74, 6) is 0.240. The minimum absolute atomic E-state index is 0.00225. The van der Waals surface area contributed by atoms with Gasteiger partial charge < -0.3 is 4.74 Å². The van der Waals surface area contributed by atoms with Crippen molar-refractivity contribution in [2.75, 3.05) is 6.61 Å². The summed E-state index contributed by atoms with van der Waals surface area (Å²) in [4.78, 5) is 22.0. The average Bonchev–Trinajstić information content (AvgIpc) is 2.57. The number of hydrogen-bond acceptors (Lipinski definition) is 5. The van der Waals surface area contributed by atoms with E-state index in [4.69, 9.17) is 4.74 Å². The minimum Gasteiger partial charge on any atom is -0.484 e. The van der Waals surface area contributed by atoms with Crippen LogP contribution in [0.25, 0.3) is 0 Å². The van der Waals surface area contributed by atoms with Crippen LogP contribution >= 0.6 is 0 Å². The Labute approximate surface area is 145 Å². The van der Waals surface area contributed by atoms with Gasteiger partial charge in [0, 0.05) is 12.1 Å². The molecule has 7 heteroatoms. The van der Waals surface area contributed by atoms with Gasteiger partial charge in [0.2, 0.25) is 0 Å². The van der Waals surface area contributed by atoms with E-state index in [0.29, 0.717) is 17.0 Å². The normalized spacial score (nSPS) is 11.1. The Morgan fingerprint density at radius 2 is 1.76 bits per heavy atom. The van der Waals surface area contributed by atoms with E-state index in [2.05, 4.69) is 10.5 Å². The first kappa shape index (κ1) is 18.1. The largest absolute Gasteiger partial charge is 0.484 e. The first-order valence-electron chi connectivity index (χ1n) is 7.64. The lowest BCUT2D eigenvalue weighted by Crippen LogP contribution is -2.25. The van der Waals surface area contributed by atoms with Gasteiger partial charge in [0.25, 0.3) is 11.6 Å². The molecule has 0 radical (unpaired) electrons. The highest BCUT2D eigenvalue weighted by atomic mass is 16.6. The Hall–Kier alpha value is -3.22. The van der Waals surface area contributed by atoms with E-state index in [9.17, 15) is 14.9 Å². The number of hydrogen-bond donors (Lipinski definition) is 1. The van der Waals surface area contributed by atoms with Crippen LogP contribution in [0.3, 0.4) is 0 Å². The van der Waals surface area contributed by atoms with E-state index in [1.807, 2.05) is 32.0 Å².